The Morgan fingerprint density at radius 3 is 2.89 bits per heavy atom. The van der Waals surface area contributed by atoms with Crippen LogP contribution in [0.3, 0.4) is 0 Å². The highest BCUT2D eigenvalue weighted by atomic mass is 16.3. The second-order valence-electron chi connectivity index (χ2n) is 4.16. The van der Waals surface area contributed by atoms with Gasteiger partial charge in [0.1, 0.15) is 5.82 Å². The van der Waals surface area contributed by atoms with Crippen molar-refractivity contribution in [2.75, 3.05) is 31.1 Å². The van der Waals surface area contributed by atoms with Gasteiger partial charge >= 0.3 is 0 Å². The molecule has 0 saturated carbocycles. The first-order chi connectivity index (χ1) is 8.81. The number of aliphatic hydroxyl groups excluding tert-OH is 1. The molecular weight excluding hydrogens is 226 g/mol. The van der Waals surface area contributed by atoms with Gasteiger partial charge in [-0.1, -0.05) is 19.1 Å². The average molecular weight is 249 g/mol. The van der Waals surface area contributed by atoms with Gasteiger partial charge in [0, 0.05) is 25.8 Å². The minimum atomic E-state index is 0.120. The number of hydrogen-bond acceptors (Lipinski definition) is 4. The van der Waals surface area contributed by atoms with Gasteiger partial charge < -0.3 is 15.3 Å². The van der Waals surface area contributed by atoms with Crippen LogP contribution in [-0.4, -0.2) is 36.3 Å². The Hall–Kier alpha value is -1.39. The van der Waals surface area contributed by atoms with Crippen molar-refractivity contribution in [2.24, 2.45) is 0 Å². The van der Waals surface area contributed by atoms with E-state index < -0.39 is 0 Å². The molecule has 0 bridgehead atoms. The molecule has 2 N–H and O–H groups in total. The third kappa shape index (κ3) is 4.85. The van der Waals surface area contributed by atoms with E-state index in [1.165, 1.54) is 5.56 Å². The number of anilines is 1. The van der Waals surface area contributed by atoms with Gasteiger partial charge in [0.25, 0.3) is 0 Å². The molecular formula is C14H23N3O. The normalized spacial score (nSPS) is 10.3. The van der Waals surface area contributed by atoms with E-state index in [0.29, 0.717) is 13.1 Å². The first-order valence-corrected chi connectivity index (χ1v) is 6.44. The summed E-state index contributed by atoms with van der Waals surface area (Å²) in [6, 6.07) is 4.06. The number of pyridine rings is 1. The Morgan fingerprint density at radius 1 is 1.50 bits per heavy atom. The van der Waals surface area contributed by atoms with Crippen molar-refractivity contribution < 1.29 is 5.11 Å². The largest absolute Gasteiger partial charge is 0.395 e. The molecule has 0 radical (unpaired) electrons. The van der Waals surface area contributed by atoms with Crippen molar-refractivity contribution in [3.05, 3.63) is 36.5 Å². The minimum Gasteiger partial charge on any atom is -0.395 e. The molecule has 0 amide bonds. The van der Waals surface area contributed by atoms with Crippen molar-refractivity contribution >= 4 is 5.82 Å². The first kappa shape index (κ1) is 14.7. The van der Waals surface area contributed by atoms with E-state index in [9.17, 15) is 0 Å². The Bertz CT molecular complexity index is 337. The van der Waals surface area contributed by atoms with Crippen LogP contribution in [0.1, 0.15) is 18.9 Å². The maximum Gasteiger partial charge on any atom is 0.128 e. The van der Waals surface area contributed by atoms with E-state index in [-0.39, 0.29) is 6.61 Å². The van der Waals surface area contributed by atoms with Gasteiger partial charge in [-0.2, -0.15) is 0 Å². The number of hydrogen-bond donors (Lipinski definition) is 2. The van der Waals surface area contributed by atoms with Gasteiger partial charge in [0.05, 0.1) is 6.61 Å². The van der Waals surface area contributed by atoms with Gasteiger partial charge in [-0.25, -0.2) is 4.98 Å². The van der Waals surface area contributed by atoms with Crippen molar-refractivity contribution in [1.29, 1.82) is 0 Å². The third-order valence-corrected chi connectivity index (χ3v) is 2.61. The number of nitrogens with one attached hydrogen (secondary N) is 1. The third-order valence-electron chi connectivity index (χ3n) is 2.61. The fourth-order valence-corrected chi connectivity index (χ4v) is 1.69. The molecule has 0 aliphatic rings. The second-order valence-corrected chi connectivity index (χ2v) is 4.16. The maximum absolute atomic E-state index is 9.01. The number of rotatable bonds is 9. The predicted molar refractivity (Wildman–Crippen MR) is 75.7 cm³/mol. The van der Waals surface area contributed by atoms with E-state index >= 15 is 0 Å². The second kappa shape index (κ2) is 8.66. The number of nitrogens with zero attached hydrogens (tertiary/aromatic N) is 2. The molecule has 0 aromatic carbocycles. The lowest BCUT2D eigenvalue weighted by Gasteiger charge is -2.21. The number of aliphatic hydroxyl groups is 1. The summed E-state index contributed by atoms with van der Waals surface area (Å²) in [5.41, 5.74) is 1.18. The van der Waals surface area contributed by atoms with E-state index in [4.69, 9.17) is 5.11 Å². The summed E-state index contributed by atoms with van der Waals surface area (Å²) in [6.07, 6.45) is 4.83. The van der Waals surface area contributed by atoms with Gasteiger partial charge in [0.2, 0.25) is 0 Å². The van der Waals surface area contributed by atoms with Gasteiger partial charge in [-0.3, -0.25) is 0 Å². The van der Waals surface area contributed by atoms with Crippen molar-refractivity contribution in [3.8, 4) is 0 Å². The molecule has 1 aromatic rings. The quantitative estimate of drug-likeness (QED) is 0.515. The zero-order chi connectivity index (χ0) is 13.2. The SMILES string of the molecule is C=CCN(CCO)c1ccc(CNCCC)cn1. The molecule has 0 unspecified atom stereocenters. The Kier molecular flexibility index (Phi) is 7.06. The molecule has 0 spiro atoms. The van der Waals surface area contributed by atoms with Crippen LogP contribution < -0.4 is 10.2 Å². The molecule has 0 atom stereocenters. The average Bonchev–Trinajstić information content (AvgIpc) is 2.40. The van der Waals surface area contributed by atoms with E-state index in [1.54, 1.807) is 0 Å². The highest BCUT2D eigenvalue weighted by molar-refractivity contribution is 5.40. The highest BCUT2D eigenvalue weighted by Crippen LogP contribution is 2.11. The molecule has 1 rings (SSSR count). The summed E-state index contributed by atoms with van der Waals surface area (Å²) < 4.78 is 0. The van der Waals surface area contributed by atoms with Gasteiger partial charge in [-0.15, -0.1) is 6.58 Å². The Morgan fingerprint density at radius 2 is 2.33 bits per heavy atom. The van der Waals surface area contributed by atoms with Crippen LogP contribution in [0, 0.1) is 0 Å². The van der Waals surface area contributed by atoms with Crippen molar-refractivity contribution in [1.82, 2.24) is 10.3 Å². The van der Waals surface area contributed by atoms with Crippen LogP contribution >= 0.6 is 0 Å². The van der Waals surface area contributed by atoms with Crippen LogP contribution in [0.2, 0.25) is 0 Å². The molecule has 18 heavy (non-hydrogen) atoms. The zero-order valence-electron chi connectivity index (χ0n) is 11.1. The van der Waals surface area contributed by atoms with Gasteiger partial charge in [-0.05, 0) is 24.6 Å². The predicted octanol–water partition coefficient (Wildman–Crippen LogP) is 1.57. The van der Waals surface area contributed by atoms with Crippen LogP contribution in [-0.2, 0) is 6.54 Å². The Balaban J connectivity index is 2.58. The molecule has 0 fully saturated rings. The van der Waals surface area contributed by atoms with E-state index in [2.05, 4.69) is 29.9 Å². The summed E-state index contributed by atoms with van der Waals surface area (Å²) in [5.74, 6) is 0.878. The molecule has 0 aliphatic heterocycles. The van der Waals surface area contributed by atoms with Crippen molar-refractivity contribution in [3.63, 3.8) is 0 Å². The van der Waals surface area contributed by atoms with E-state index in [1.807, 2.05) is 23.2 Å². The van der Waals surface area contributed by atoms with E-state index in [0.717, 1.165) is 25.3 Å². The van der Waals surface area contributed by atoms with Crippen molar-refractivity contribution in [2.45, 2.75) is 19.9 Å². The first-order valence-electron chi connectivity index (χ1n) is 6.44. The summed E-state index contributed by atoms with van der Waals surface area (Å²) in [7, 11) is 0. The fraction of sp³-hybridized carbons (Fsp3) is 0.500. The zero-order valence-corrected chi connectivity index (χ0v) is 11.1. The minimum absolute atomic E-state index is 0.120. The van der Waals surface area contributed by atoms with Crippen LogP contribution in [0.25, 0.3) is 0 Å². The maximum atomic E-state index is 9.01. The number of aromatic nitrogens is 1. The van der Waals surface area contributed by atoms with Crippen LogP contribution in [0.4, 0.5) is 5.82 Å². The molecule has 1 aromatic heterocycles. The summed E-state index contributed by atoms with van der Waals surface area (Å²) in [4.78, 5) is 6.42. The fourth-order valence-electron chi connectivity index (χ4n) is 1.69. The molecule has 100 valence electrons. The lowest BCUT2D eigenvalue weighted by atomic mass is 10.2. The molecule has 0 saturated heterocycles. The van der Waals surface area contributed by atoms with Crippen LogP contribution in [0.15, 0.2) is 31.0 Å². The summed E-state index contributed by atoms with van der Waals surface area (Å²) in [5, 5.41) is 12.3. The molecule has 4 heteroatoms. The monoisotopic (exact) mass is 249 g/mol. The summed E-state index contributed by atoms with van der Waals surface area (Å²) >= 11 is 0. The molecule has 1 heterocycles. The van der Waals surface area contributed by atoms with Gasteiger partial charge in [0.15, 0.2) is 0 Å². The topological polar surface area (TPSA) is 48.4 Å². The van der Waals surface area contributed by atoms with Crippen LogP contribution in [0.5, 0.6) is 0 Å². The smallest absolute Gasteiger partial charge is 0.128 e. The lowest BCUT2D eigenvalue weighted by Crippen LogP contribution is -2.27. The summed E-state index contributed by atoms with van der Waals surface area (Å²) in [6.45, 7) is 9.13. The molecule has 0 aliphatic carbocycles. The Labute approximate surface area is 109 Å². The standard InChI is InChI=1S/C14H23N3O/c1-3-7-15-11-13-5-6-14(16-12-13)17(8-4-2)9-10-18/h4-6,12,15,18H,2-3,7-11H2,1H3. The molecule has 4 nitrogen and oxygen atoms in total. The lowest BCUT2D eigenvalue weighted by molar-refractivity contribution is 0.302. The highest BCUT2D eigenvalue weighted by Gasteiger charge is 2.05.